The largest absolute Gasteiger partial charge is 1.00 e. The number of halogens is 1. The van der Waals surface area contributed by atoms with Crippen molar-refractivity contribution < 1.29 is 58.6 Å². The molecule has 0 saturated heterocycles. The van der Waals surface area contributed by atoms with Crippen molar-refractivity contribution in [3.8, 4) is 0 Å². The van der Waals surface area contributed by atoms with E-state index in [2.05, 4.69) is 0 Å². The maximum atomic E-state index is 11.8. The van der Waals surface area contributed by atoms with Crippen LogP contribution in [0.3, 0.4) is 0 Å². The van der Waals surface area contributed by atoms with Crippen molar-refractivity contribution in [1.29, 1.82) is 0 Å². The number of carboxylic acid groups (broad SMARTS) is 1. The minimum absolute atomic E-state index is 0. The van der Waals surface area contributed by atoms with Crippen molar-refractivity contribution in [2.75, 3.05) is 6.54 Å². The van der Waals surface area contributed by atoms with E-state index in [1.165, 1.54) is 0 Å². The average Bonchev–Trinajstić information content (AvgIpc) is 2.60. The molecule has 1 aromatic rings. The second-order valence-corrected chi connectivity index (χ2v) is 7.20. The molecule has 0 saturated carbocycles. The third kappa shape index (κ3) is 8.92. The van der Waals surface area contributed by atoms with Crippen LogP contribution in [0.25, 0.3) is 0 Å². The molecule has 7 nitrogen and oxygen atoms in total. The molecule has 0 aliphatic rings. The van der Waals surface area contributed by atoms with E-state index in [4.69, 9.17) is 21.2 Å². The minimum Gasteiger partial charge on any atom is -0.549 e. The third-order valence-electron chi connectivity index (χ3n) is 3.80. The SMILES string of the molecule is CC(C)C(=O)OC(ON(C=O)CCC(C(=O)[O-])c1ccc(Cl)cc1)C(C)C.[Na+]. The standard InChI is InChI=1S/C19H26ClNO6.Na/c1-12(2)18(25)26-19(13(3)4)27-21(11-22)10-9-16(17(23)24)14-5-7-15(20)8-6-14;/h5-8,11-13,16,19H,9-10H2,1-4H3,(H,23,24);/q;+1/p-1. The van der Waals surface area contributed by atoms with Crippen molar-refractivity contribution in [3.63, 3.8) is 0 Å². The number of aliphatic carboxylic acids is 1. The van der Waals surface area contributed by atoms with Gasteiger partial charge < -0.3 is 14.6 Å². The summed E-state index contributed by atoms with van der Waals surface area (Å²) in [7, 11) is 0. The maximum absolute atomic E-state index is 11.8. The van der Waals surface area contributed by atoms with Crippen LogP contribution in [0, 0.1) is 11.8 Å². The van der Waals surface area contributed by atoms with Crippen LogP contribution in [-0.2, 0) is 24.0 Å². The quantitative estimate of drug-likeness (QED) is 0.152. The Morgan fingerprint density at radius 2 is 1.75 bits per heavy atom. The number of hydrogen-bond donors (Lipinski definition) is 0. The molecule has 0 N–H and O–H groups in total. The smallest absolute Gasteiger partial charge is 0.549 e. The van der Waals surface area contributed by atoms with Gasteiger partial charge in [0.1, 0.15) is 0 Å². The summed E-state index contributed by atoms with van der Waals surface area (Å²) in [6, 6.07) is 6.36. The number of benzene rings is 1. The molecule has 0 heterocycles. The molecule has 0 radical (unpaired) electrons. The fourth-order valence-electron chi connectivity index (χ4n) is 2.17. The molecule has 9 heteroatoms. The number of nitrogens with zero attached hydrogens (tertiary/aromatic N) is 1. The number of ether oxygens (including phenoxy) is 1. The molecule has 1 rings (SSSR count). The average molecular weight is 422 g/mol. The number of carbonyl (C=O) groups excluding carboxylic acids is 3. The van der Waals surface area contributed by atoms with Gasteiger partial charge in [0.2, 0.25) is 12.7 Å². The second kappa shape index (κ2) is 13.2. The Bertz CT molecular complexity index is 638. The molecule has 1 aromatic carbocycles. The normalized spacial score (nSPS) is 12.8. The molecule has 0 aromatic heterocycles. The summed E-state index contributed by atoms with van der Waals surface area (Å²) in [5.41, 5.74) is 0.511. The number of hydrogen-bond acceptors (Lipinski definition) is 6. The first-order valence-electron chi connectivity index (χ1n) is 8.71. The van der Waals surface area contributed by atoms with Gasteiger partial charge in [-0.15, -0.1) is 0 Å². The van der Waals surface area contributed by atoms with E-state index >= 15 is 0 Å². The summed E-state index contributed by atoms with van der Waals surface area (Å²) in [5, 5.41) is 12.9. The van der Waals surface area contributed by atoms with Crippen molar-refractivity contribution >= 4 is 29.9 Å². The zero-order valence-electron chi connectivity index (χ0n) is 16.9. The molecule has 28 heavy (non-hydrogen) atoms. The van der Waals surface area contributed by atoms with E-state index in [9.17, 15) is 19.5 Å². The van der Waals surface area contributed by atoms with Gasteiger partial charge in [-0.25, -0.2) is 9.90 Å². The van der Waals surface area contributed by atoms with Gasteiger partial charge in [0.05, 0.1) is 5.92 Å². The van der Waals surface area contributed by atoms with Crippen LogP contribution in [0.2, 0.25) is 5.02 Å². The Morgan fingerprint density at radius 3 is 2.18 bits per heavy atom. The van der Waals surface area contributed by atoms with Gasteiger partial charge in [0, 0.05) is 29.4 Å². The third-order valence-corrected chi connectivity index (χ3v) is 4.05. The molecule has 0 aliphatic heterocycles. The van der Waals surface area contributed by atoms with E-state index < -0.39 is 24.1 Å². The van der Waals surface area contributed by atoms with E-state index in [0.29, 0.717) is 17.0 Å². The van der Waals surface area contributed by atoms with Crippen molar-refractivity contribution in [1.82, 2.24) is 5.06 Å². The van der Waals surface area contributed by atoms with Gasteiger partial charge in [-0.05, 0) is 24.1 Å². The Labute approximate surface area is 192 Å². The first kappa shape index (κ1) is 26.9. The molecule has 1 amide bonds. The summed E-state index contributed by atoms with van der Waals surface area (Å²) in [6.45, 7) is 6.91. The van der Waals surface area contributed by atoms with Crippen molar-refractivity contribution in [3.05, 3.63) is 34.9 Å². The number of carbonyl (C=O) groups is 3. The van der Waals surface area contributed by atoms with Crippen LogP contribution < -0.4 is 34.7 Å². The predicted molar refractivity (Wildman–Crippen MR) is 97.2 cm³/mol. The van der Waals surface area contributed by atoms with Crippen LogP contribution >= 0.6 is 11.6 Å². The van der Waals surface area contributed by atoms with Gasteiger partial charge in [-0.2, -0.15) is 0 Å². The zero-order valence-corrected chi connectivity index (χ0v) is 19.6. The number of hydroxylamine groups is 2. The van der Waals surface area contributed by atoms with Gasteiger partial charge in [-0.1, -0.05) is 51.4 Å². The van der Waals surface area contributed by atoms with Crippen molar-refractivity contribution in [2.45, 2.75) is 46.3 Å². The molecular weight excluding hydrogens is 397 g/mol. The molecule has 2 unspecified atom stereocenters. The van der Waals surface area contributed by atoms with Crippen LogP contribution in [0.4, 0.5) is 0 Å². The van der Waals surface area contributed by atoms with Crippen molar-refractivity contribution in [2.24, 2.45) is 11.8 Å². The Morgan fingerprint density at radius 1 is 1.18 bits per heavy atom. The fraction of sp³-hybridized carbons (Fsp3) is 0.526. The summed E-state index contributed by atoms with van der Waals surface area (Å²) in [4.78, 5) is 40.0. The van der Waals surface area contributed by atoms with E-state index in [0.717, 1.165) is 5.06 Å². The monoisotopic (exact) mass is 421 g/mol. The molecule has 2 atom stereocenters. The van der Waals surface area contributed by atoms with E-state index in [1.54, 1.807) is 52.0 Å². The molecular formula is C19H25ClNNaO6. The summed E-state index contributed by atoms with van der Waals surface area (Å²) in [5.74, 6) is -3.21. The number of carboxylic acids is 1. The van der Waals surface area contributed by atoms with E-state index in [1.807, 2.05) is 0 Å². The fourth-order valence-corrected chi connectivity index (χ4v) is 2.29. The summed E-state index contributed by atoms with van der Waals surface area (Å²) in [6.07, 6.45) is -0.472. The Balaban J connectivity index is 0.00000729. The number of amides is 1. The Kier molecular flexibility index (Phi) is 12.6. The molecule has 0 fully saturated rings. The molecule has 0 bridgehead atoms. The summed E-state index contributed by atoms with van der Waals surface area (Å²) < 4.78 is 5.25. The van der Waals surface area contributed by atoms with Crippen LogP contribution in [0.15, 0.2) is 24.3 Å². The first-order valence-corrected chi connectivity index (χ1v) is 9.09. The van der Waals surface area contributed by atoms with Crippen LogP contribution in [0.1, 0.15) is 45.6 Å². The van der Waals surface area contributed by atoms with Gasteiger partial charge in [-0.3, -0.25) is 9.59 Å². The van der Waals surface area contributed by atoms with Crippen LogP contribution in [-0.4, -0.2) is 36.2 Å². The molecule has 0 aliphatic carbocycles. The number of esters is 1. The topological polar surface area (TPSA) is 96.0 Å². The number of rotatable bonds is 11. The summed E-state index contributed by atoms with van der Waals surface area (Å²) >= 11 is 5.82. The van der Waals surface area contributed by atoms with Gasteiger partial charge in [0.15, 0.2) is 0 Å². The zero-order chi connectivity index (χ0) is 20.6. The van der Waals surface area contributed by atoms with Gasteiger partial charge in [0.25, 0.3) is 0 Å². The molecule has 150 valence electrons. The van der Waals surface area contributed by atoms with E-state index in [-0.39, 0.29) is 54.4 Å². The Hall–Kier alpha value is -1.12. The molecule has 0 spiro atoms. The van der Waals surface area contributed by atoms with Gasteiger partial charge >= 0.3 is 35.5 Å². The second-order valence-electron chi connectivity index (χ2n) is 6.77. The maximum Gasteiger partial charge on any atom is 1.00 e. The first-order chi connectivity index (χ1) is 12.6. The van der Waals surface area contributed by atoms with Crippen LogP contribution in [0.5, 0.6) is 0 Å². The minimum atomic E-state index is -1.27. The predicted octanol–water partition coefficient (Wildman–Crippen LogP) is -0.861.